The lowest BCUT2D eigenvalue weighted by Crippen LogP contribution is -1.99. The summed E-state index contributed by atoms with van der Waals surface area (Å²) in [5.41, 5.74) is 5.12. The van der Waals surface area contributed by atoms with Gasteiger partial charge in [-0.1, -0.05) is 70.2 Å². The Morgan fingerprint density at radius 2 is 1.24 bits per heavy atom. The minimum absolute atomic E-state index is 0.181. The molecule has 3 heteroatoms. The highest BCUT2D eigenvalue weighted by Gasteiger charge is 2.33. The molecule has 5 rings (SSSR count). The summed E-state index contributed by atoms with van der Waals surface area (Å²) in [6.45, 7) is 8.86. The van der Waals surface area contributed by atoms with Crippen molar-refractivity contribution in [3.63, 3.8) is 0 Å². The van der Waals surface area contributed by atoms with E-state index in [0.717, 1.165) is 20.5 Å². The van der Waals surface area contributed by atoms with Crippen molar-refractivity contribution < 1.29 is 9.59 Å². The van der Waals surface area contributed by atoms with E-state index in [1.54, 1.807) is 17.4 Å². The topological polar surface area (TPSA) is 34.1 Å². The van der Waals surface area contributed by atoms with Crippen molar-refractivity contribution in [3.05, 3.63) is 99.4 Å². The minimum Gasteiger partial charge on any atom is -0.288 e. The number of fused-ring (bicyclic) bond motifs is 2. The molecule has 0 aliphatic heterocycles. The van der Waals surface area contributed by atoms with E-state index in [-0.39, 0.29) is 17.1 Å². The van der Waals surface area contributed by atoms with Crippen molar-refractivity contribution in [1.82, 2.24) is 0 Å². The Bertz CT molecular complexity index is 1370. The SMILES string of the molecule is CC(C)c1cc(-c2ccc(C=C3C(=O)c4cc5ccccc5cc4C3=O)s2)cc(C(C)C)c1. The summed E-state index contributed by atoms with van der Waals surface area (Å²) in [7, 11) is 0. The van der Waals surface area contributed by atoms with Gasteiger partial charge in [-0.15, -0.1) is 11.3 Å². The highest BCUT2D eigenvalue weighted by Crippen LogP contribution is 2.36. The fraction of sp³-hybridized carbons (Fsp3) is 0.200. The Labute approximate surface area is 198 Å². The number of hydrogen-bond donors (Lipinski definition) is 0. The third-order valence-corrected chi connectivity index (χ3v) is 7.45. The maximum absolute atomic E-state index is 13.1. The summed E-state index contributed by atoms with van der Waals surface area (Å²) >= 11 is 1.62. The summed E-state index contributed by atoms with van der Waals surface area (Å²) < 4.78 is 0. The van der Waals surface area contributed by atoms with Crippen LogP contribution in [0.2, 0.25) is 0 Å². The summed E-state index contributed by atoms with van der Waals surface area (Å²) in [6, 6.07) is 22.4. The lowest BCUT2D eigenvalue weighted by Gasteiger charge is -2.13. The zero-order chi connectivity index (χ0) is 23.3. The second kappa shape index (κ2) is 8.24. The Hall–Kier alpha value is -3.30. The average Bonchev–Trinajstić information content (AvgIpc) is 3.37. The number of carbonyl (C=O) groups excluding carboxylic acids is 2. The number of carbonyl (C=O) groups is 2. The zero-order valence-electron chi connectivity index (χ0n) is 19.3. The molecule has 0 bridgehead atoms. The van der Waals surface area contributed by atoms with Crippen LogP contribution in [0, 0.1) is 0 Å². The van der Waals surface area contributed by atoms with Gasteiger partial charge in [-0.2, -0.15) is 0 Å². The summed E-state index contributed by atoms with van der Waals surface area (Å²) in [4.78, 5) is 28.2. The van der Waals surface area contributed by atoms with Gasteiger partial charge in [-0.05, 0) is 69.6 Å². The normalized spacial score (nSPS) is 13.5. The van der Waals surface area contributed by atoms with E-state index in [4.69, 9.17) is 0 Å². The van der Waals surface area contributed by atoms with Crippen LogP contribution in [-0.2, 0) is 0 Å². The van der Waals surface area contributed by atoms with Crippen LogP contribution in [-0.4, -0.2) is 11.6 Å². The van der Waals surface area contributed by atoms with Crippen molar-refractivity contribution in [3.8, 4) is 10.4 Å². The molecule has 1 aliphatic rings. The van der Waals surface area contributed by atoms with Crippen LogP contribution in [0.3, 0.4) is 0 Å². The third-order valence-electron chi connectivity index (χ3n) is 6.37. The Morgan fingerprint density at radius 3 is 1.76 bits per heavy atom. The number of benzene rings is 3. The van der Waals surface area contributed by atoms with Gasteiger partial charge >= 0.3 is 0 Å². The van der Waals surface area contributed by atoms with Crippen LogP contribution >= 0.6 is 11.3 Å². The van der Waals surface area contributed by atoms with Crippen molar-refractivity contribution in [2.45, 2.75) is 39.5 Å². The molecule has 164 valence electrons. The monoisotopic (exact) mass is 450 g/mol. The molecule has 2 nitrogen and oxygen atoms in total. The van der Waals surface area contributed by atoms with Gasteiger partial charge in [0.25, 0.3) is 0 Å². The Balaban J connectivity index is 1.52. The van der Waals surface area contributed by atoms with Crippen molar-refractivity contribution in [1.29, 1.82) is 0 Å². The fourth-order valence-corrected chi connectivity index (χ4v) is 5.29. The lowest BCUT2D eigenvalue weighted by molar-refractivity contribution is 0.0990. The lowest BCUT2D eigenvalue weighted by atomic mass is 9.93. The zero-order valence-corrected chi connectivity index (χ0v) is 20.1. The quantitative estimate of drug-likeness (QED) is 0.231. The van der Waals surface area contributed by atoms with Crippen molar-refractivity contribution >= 4 is 39.8 Å². The molecule has 0 unspecified atom stereocenters. The van der Waals surface area contributed by atoms with Crippen LogP contribution in [0.25, 0.3) is 27.3 Å². The molecule has 0 radical (unpaired) electrons. The van der Waals surface area contributed by atoms with Gasteiger partial charge in [0, 0.05) is 20.9 Å². The molecule has 33 heavy (non-hydrogen) atoms. The van der Waals surface area contributed by atoms with Gasteiger partial charge in [0.05, 0.1) is 5.57 Å². The molecule has 1 aliphatic carbocycles. The van der Waals surface area contributed by atoms with Crippen molar-refractivity contribution in [2.75, 3.05) is 0 Å². The van der Waals surface area contributed by atoms with E-state index < -0.39 is 0 Å². The first-order chi connectivity index (χ1) is 15.8. The Kier molecular flexibility index (Phi) is 5.38. The molecule has 4 aromatic rings. The molecule has 0 spiro atoms. The van der Waals surface area contributed by atoms with E-state index in [1.165, 1.54) is 16.7 Å². The smallest absolute Gasteiger partial charge is 0.197 e. The minimum atomic E-state index is -0.181. The van der Waals surface area contributed by atoms with Crippen LogP contribution in [0.4, 0.5) is 0 Å². The third kappa shape index (κ3) is 3.87. The highest BCUT2D eigenvalue weighted by molar-refractivity contribution is 7.16. The molecule has 0 N–H and O–H groups in total. The first-order valence-electron chi connectivity index (χ1n) is 11.4. The molecule has 0 amide bonds. The maximum Gasteiger partial charge on any atom is 0.197 e. The molecule has 1 heterocycles. The summed E-state index contributed by atoms with van der Waals surface area (Å²) in [5, 5.41) is 1.95. The molecule has 0 saturated heterocycles. The van der Waals surface area contributed by atoms with Gasteiger partial charge in [-0.25, -0.2) is 0 Å². The standard InChI is InChI=1S/C30H26O2S/c1-17(2)21-11-22(18(3)4)13-23(12-21)28-10-9-24(33-28)16-27-29(31)25-14-19-7-5-6-8-20(19)15-26(25)30(27)32/h5-18H,1-4H3. The molecule has 0 saturated carbocycles. The first kappa shape index (κ1) is 21.5. The van der Waals surface area contributed by atoms with Gasteiger partial charge in [0.1, 0.15) is 0 Å². The highest BCUT2D eigenvalue weighted by atomic mass is 32.1. The van der Waals surface area contributed by atoms with Crippen LogP contribution in [0.1, 0.15) is 76.3 Å². The predicted octanol–water partition coefficient (Wildman–Crippen LogP) is 8.28. The van der Waals surface area contributed by atoms with Gasteiger partial charge < -0.3 is 0 Å². The number of allylic oxidation sites excluding steroid dienone is 1. The number of hydrogen-bond acceptors (Lipinski definition) is 3. The van der Waals surface area contributed by atoms with E-state index >= 15 is 0 Å². The van der Waals surface area contributed by atoms with Gasteiger partial charge in [-0.3, -0.25) is 9.59 Å². The maximum atomic E-state index is 13.1. The molecule has 0 fully saturated rings. The second-order valence-electron chi connectivity index (χ2n) is 9.36. The fourth-order valence-electron chi connectivity index (χ4n) is 4.35. The summed E-state index contributed by atoms with van der Waals surface area (Å²) in [6.07, 6.45) is 1.76. The Morgan fingerprint density at radius 1 is 0.697 bits per heavy atom. The van der Waals surface area contributed by atoms with E-state index in [1.807, 2.05) is 42.5 Å². The first-order valence-corrected chi connectivity index (χ1v) is 12.2. The summed E-state index contributed by atoms with van der Waals surface area (Å²) in [5.74, 6) is 0.540. The van der Waals surface area contributed by atoms with Crippen LogP contribution in [0.5, 0.6) is 0 Å². The largest absolute Gasteiger partial charge is 0.288 e. The molecule has 0 atom stereocenters. The number of thiophene rings is 1. The molecular weight excluding hydrogens is 424 g/mol. The number of rotatable bonds is 4. The van der Waals surface area contributed by atoms with Crippen LogP contribution in [0.15, 0.2) is 72.3 Å². The van der Waals surface area contributed by atoms with Gasteiger partial charge in [0.2, 0.25) is 0 Å². The van der Waals surface area contributed by atoms with Crippen LogP contribution < -0.4 is 0 Å². The predicted molar refractivity (Wildman–Crippen MR) is 139 cm³/mol. The van der Waals surface area contributed by atoms with E-state index in [9.17, 15) is 9.59 Å². The molecule has 1 aromatic heterocycles. The number of Topliss-reactive ketones (excluding diaryl/α,β-unsaturated/α-hetero) is 2. The molecular formula is C30H26O2S. The van der Waals surface area contributed by atoms with E-state index in [2.05, 4.69) is 52.0 Å². The van der Waals surface area contributed by atoms with E-state index in [0.29, 0.717) is 23.0 Å². The number of ketones is 2. The average molecular weight is 451 g/mol. The van der Waals surface area contributed by atoms with Crippen molar-refractivity contribution in [2.24, 2.45) is 0 Å². The molecule has 3 aromatic carbocycles. The second-order valence-corrected chi connectivity index (χ2v) is 10.5. The van der Waals surface area contributed by atoms with Gasteiger partial charge in [0.15, 0.2) is 11.6 Å².